The molecule has 11 nitrogen and oxygen atoms in total. The van der Waals surface area contributed by atoms with Crippen LogP contribution in [0.3, 0.4) is 0 Å². The van der Waals surface area contributed by atoms with Gasteiger partial charge in [0.1, 0.15) is 0 Å². The molecule has 0 bridgehead atoms. The van der Waals surface area contributed by atoms with Crippen LogP contribution >= 0.6 is 0 Å². The second-order valence-corrected chi connectivity index (χ2v) is 26.0. The molecule has 12 rings (SSSR count). The van der Waals surface area contributed by atoms with Gasteiger partial charge in [0, 0.05) is 114 Å². The molecule has 12 fully saturated rings. The fourth-order valence-electron chi connectivity index (χ4n) is 15.8. The predicted octanol–water partition coefficient (Wildman–Crippen LogP) is 7.60. The minimum absolute atomic E-state index is 0. The lowest BCUT2D eigenvalue weighted by Gasteiger charge is -2.58. The Morgan fingerprint density at radius 2 is 0.471 bits per heavy atom. The van der Waals surface area contributed by atoms with E-state index in [4.69, 9.17) is 0 Å². The van der Waals surface area contributed by atoms with Gasteiger partial charge in [-0.1, -0.05) is 51.5 Å². The normalized spacial score (nSPS) is 31.2. The molecule has 1 unspecified atom stereocenters. The zero-order chi connectivity index (χ0) is 44.6. The summed E-state index contributed by atoms with van der Waals surface area (Å²) < 4.78 is 0. The van der Waals surface area contributed by atoms with Crippen LogP contribution in [-0.2, 0) is 0 Å². The van der Waals surface area contributed by atoms with Gasteiger partial charge in [-0.15, -0.1) is 0 Å². The first-order valence-corrected chi connectivity index (χ1v) is 25.8. The number of hydrogen-bond acceptors (Lipinski definition) is 11. The van der Waals surface area contributed by atoms with Crippen molar-refractivity contribution in [2.75, 3.05) is 222 Å². The van der Waals surface area contributed by atoms with E-state index in [1.54, 1.807) is 0 Å². The van der Waals surface area contributed by atoms with Gasteiger partial charge in [0.05, 0.1) is 0 Å². The summed E-state index contributed by atoms with van der Waals surface area (Å²) in [5.41, 5.74) is 4.35. The summed E-state index contributed by atoms with van der Waals surface area (Å²) in [6.45, 7) is 31.6. The summed E-state index contributed by atoms with van der Waals surface area (Å²) in [7, 11) is 24.5. The number of likely N-dealkylation sites (tertiary alicyclic amines) is 11. The topological polar surface area (TPSA) is 35.6 Å². The second-order valence-electron chi connectivity index (χ2n) is 26.0. The largest absolute Gasteiger partial charge is 0.306 e. The van der Waals surface area contributed by atoms with Crippen molar-refractivity contribution in [1.29, 1.82) is 0 Å². The molecular weight excluding hydrogens is 839 g/mol. The summed E-state index contributed by atoms with van der Waals surface area (Å²) in [5.74, 6) is 1.03. The van der Waals surface area contributed by atoms with Gasteiger partial charge in [0.25, 0.3) is 0 Å². The van der Waals surface area contributed by atoms with Crippen LogP contribution in [0.15, 0.2) is 0 Å². The van der Waals surface area contributed by atoms with E-state index in [0.29, 0.717) is 21.7 Å². The molecule has 11 heteroatoms. The van der Waals surface area contributed by atoms with Crippen LogP contribution < -0.4 is 0 Å². The smallest absolute Gasteiger partial charge is 0.0211 e. The molecule has 408 valence electrons. The molecule has 0 aromatic heterocycles. The Balaban J connectivity index is 0.000000402. The molecule has 11 aliphatic heterocycles. The Morgan fingerprint density at radius 3 is 0.750 bits per heavy atom. The molecule has 1 atom stereocenters. The van der Waals surface area contributed by atoms with Crippen molar-refractivity contribution in [2.24, 2.45) is 38.4 Å². The average molecular weight is 965 g/mol. The Labute approximate surface area is 428 Å². The van der Waals surface area contributed by atoms with E-state index in [2.05, 4.69) is 138 Å². The first-order valence-electron chi connectivity index (χ1n) is 25.8. The van der Waals surface area contributed by atoms with Crippen LogP contribution in [-0.4, -0.2) is 275 Å². The maximum atomic E-state index is 2.50. The number of piperidine rings is 2. The molecule has 0 radical (unpaired) electrons. The van der Waals surface area contributed by atoms with Crippen molar-refractivity contribution in [3.63, 3.8) is 0 Å². The molecule has 11 heterocycles. The average Bonchev–Trinajstić information content (AvgIpc) is 3.91. The van der Waals surface area contributed by atoms with Crippen molar-refractivity contribution in [1.82, 2.24) is 53.9 Å². The molecule has 12 aliphatic rings. The Kier molecular flexibility index (Phi) is 25.7. The maximum Gasteiger partial charge on any atom is 0.0211 e. The van der Waals surface area contributed by atoms with Crippen LogP contribution in [0.25, 0.3) is 0 Å². The van der Waals surface area contributed by atoms with Gasteiger partial charge in [-0.3, -0.25) is 0 Å². The van der Waals surface area contributed by atoms with E-state index in [1.807, 2.05) is 0 Å². The third kappa shape index (κ3) is 16.8. The molecule has 1 saturated carbocycles. The molecule has 1 aliphatic carbocycles. The monoisotopic (exact) mass is 964 g/mol. The number of rotatable bonds is 0. The van der Waals surface area contributed by atoms with Gasteiger partial charge in [0.15, 0.2) is 0 Å². The Hall–Kier alpha value is -0.440. The molecule has 0 aromatic rings. The zero-order valence-corrected chi connectivity index (χ0v) is 43.1. The van der Waals surface area contributed by atoms with Crippen molar-refractivity contribution < 1.29 is 0 Å². The number of nitrogens with zero attached hydrogens (tertiary/aromatic N) is 11. The molecule has 6 spiro atoms. The van der Waals surface area contributed by atoms with Crippen molar-refractivity contribution >= 4 is 0 Å². The zero-order valence-electron chi connectivity index (χ0n) is 43.1. The van der Waals surface area contributed by atoms with E-state index in [9.17, 15) is 0 Å². The Morgan fingerprint density at radius 1 is 0.235 bits per heavy atom. The second kappa shape index (κ2) is 26.7. The molecule has 0 N–H and O–H groups in total. The van der Waals surface area contributed by atoms with Crippen molar-refractivity contribution in [3.8, 4) is 0 Å². The van der Waals surface area contributed by atoms with Gasteiger partial charge in [0.2, 0.25) is 0 Å². The van der Waals surface area contributed by atoms with Gasteiger partial charge >= 0.3 is 0 Å². The lowest BCUT2D eigenvalue weighted by molar-refractivity contribution is -0.0926. The molecular formula is C57H125N11. The fourth-order valence-corrected chi connectivity index (χ4v) is 15.8. The fraction of sp³-hybridized carbons (Fsp3) is 1.00. The van der Waals surface area contributed by atoms with E-state index in [1.165, 1.54) is 208 Å². The maximum absolute atomic E-state index is 2.50. The quantitative estimate of drug-likeness (QED) is 0.241. The summed E-state index contributed by atoms with van der Waals surface area (Å²) in [6.07, 6.45) is 14.4. The van der Waals surface area contributed by atoms with Crippen LogP contribution in [0, 0.1) is 38.4 Å². The van der Waals surface area contributed by atoms with Crippen LogP contribution in [0.5, 0.6) is 0 Å². The van der Waals surface area contributed by atoms with E-state index in [-0.39, 0.29) is 44.6 Å². The van der Waals surface area contributed by atoms with Gasteiger partial charge < -0.3 is 53.9 Å². The first kappa shape index (κ1) is 65.6. The highest BCUT2D eigenvalue weighted by atomic mass is 15.3. The van der Waals surface area contributed by atoms with Crippen LogP contribution in [0.2, 0.25) is 0 Å². The lowest BCUT2D eigenvalue weighted by atomic mass is 9.58. The summed E-state index contributed by atoms with van der Waals surface area (Å²) in [6, 6.07) is 0. The van der Waals surface area contributed by atoms with Crippen molar-refractivity contribution in [2.45, 2.75) is 116 Å². The van der Waals surface area contributed by atoms with Crippen LogP contribution in [0.4, 0.5) is 0 Å². The summed E-state index contributed by atoms with van der Waals surface area (Å²) >= 11 is 0. The Bertz CT molecular complexity index is 1260. The highest BCUT2D eigenvalue weighted by Crippen LogP contribution is 2.51. The third-order valence-electron chi connectivity index (χ3n) is 18.0. The highest BCUT2D eigenvalue weighted by Gasteiger charge is 2.50. The number of hydrogen-bond donors (Lipinski definition) is 0. The van der Waals surface area contributed by atoms with Crippen LogP contribution in [0.1, 0.15) is 116 Å². The first-order chi connectivity index (χ1) is 29.2. The molecule has 11 saturated heterocycles. The van der Waals surface area contributed by atoms with E-state index in [0.717, 1.165) is 16.7 Å². The van der Waals surface area contributed by atoms with Crippen molar-refractivity contribution in [3.05, 3.63) is 0 Å². The minimum Gasteiger partial charge on any atom is -0.306 e. The SMILES string of the molecule is C.C.C.C.C.C.CC1CC2(C1)CN(C)C2.CN1CC2(C1)CN(C)C2.CN1CCC2(C1)CN(C)C2.CN1CCC2(C1)CN(C)C2.CN1CCC2(CC1)CCN(C)C2.CN1CCCC2(CCN(C)C2)C1. The summed E-state index contributed by atoms with van der Waals surface area (Å²) in [4.78, 5) is 26.9. The van der Waals surface area contributed by atoms with Gasteiger partial charge in [-0.2, -0.15) is 0 Å². The predicted molar refractivity (Wildman–Crippen MR) is 303 cm³/mol. The summed E-state index contributed by atoms with van der Waals surface area (Å²) in [5, 5.41) is 0. The minimum atomic E-state index is 0. The van der Waals surface area contributed by atoms with E-state index < -0.39 is 0 Å². The molecule has 0 aromatic carbocycles. The van der Waals surface area contributed by atoms with E-state index >= 15 is 0 Å². The molecule has 68 heavy (non-hydrogen) atoms. The standard InChI is InChI=1S/2C10H20N2.2C8H16N2.C8H15N.C7H14N2.6CH4/c1-11-6-3-10(4-7-11)5-8-12(2)9-10;1-11-6-3-4-10(8-11)5-7-12(2)9-10;2*1-9-4-3-8(5-9)6-10(2)7-8;1-7-3-8(4-7)5-9(2)6-8;1-8-3-7(4-8)5-9(2)6-7;;;;;;/h2*3-9H2,1-2H3;2*3-7H2,1-2H3;7H,3-6H2,1-2H3;3-6H2,1-2H3;6*1H4. The molecule has 0 amide bonds. The highest BCUT2D eigenvalue weighted by molar-refractivity contribution is 5.04. The third-order valence-corrected chi connectivity index (χ3v) is 18.0. The van der Waals surface area contributed by atoms with Gasteiger partial charge in [-0.25, -0.2) is 0 Å². The van der Waals surface area contributed by atoms with Gasteiger partial charge in [-0.05, 0) is 210 Å². The lowest BCUT2D eigenvalue weighted by Crippen LogP contribution is -2.70.